The molecule has 2 aliphatic rings. The summed E-state index contributed by atoms with van der Waals surface area (Å²) < 4.78 is 0. The molecule has 1 aromatic rings. The van der Waals surface area contributed by atoms with Crippen molar-refractivity contribution in [3.05, 3.63) is 34.7 Å². The quantitative estimate of drug-likeness (QED) is 0.730. The molecule has 1 aromatic carbocycles. The van der Waals surface area contributed by atoms with Gasteiger partial charge in [0.05, 0.1) is 5.70 Å². The summed E-state index contributed by atoms with van der Waals surface area (Å²) in [6, 6.07) is 8.69. The van der Waals surface area contributed by atoms with Crippen molar-refractivity contribution in [1.29, 1.82) is 0 Å². The fraction of sp³-hybridized carbons (Fsp3) is 0.556. The van der Waals surface area contributed by atoms with Crippen LogP contribution >= 0.6 is 0 Å². The Hall–Kier alpha value is -1.24. The van der Waals surface area contributed by atoms with Gasteiger partial charge in [-0.05, 0) is 12.8 Å². The van der Waals surface area contributed by atoms with E-state index in [2.05, 4.69) is 37.4 Å². The SMILES string of the molecule is CC1(C2=c3ccccc3=C[N]2)CCCCCCCC1. The molecule has 1 aliphatic heterocycles. The second kappa shape index (κ2) is 5.40. The van der Waals surface area contributed by atoms with Crippen LogP contribution in [0.2, 0.25) is 0 Å². The zero-order chi connectivity index (χ0) is 13.1. The molecule has 0 atom stereocenters. The molecule has 101 valence electrons. The fourth-order valence-corrected chi connectivity index (χ4v) is 3.61. The largest absolute Gasteiger partial charge is 0.259 e. The van der Waals surface area contributed by atoms with Crippen LogP contribution in [0.4, 0.5) is 0 Å². The lowest BCUT2D eigenvalue weighted by Gasteiger charge is -2.30. The van der Waals surface area contributed by atoms with Gasteiger partial charge in [-0.15, -0.1) is 0 Å². The van der Waals surface area contributed by atoms with Crippen molar-refractivity contribution in [2.45, 2.75) is 58.3 Å². The normalized spacial score (nSPS) is 22.5. The number of hydrogen-bond donors (Lipinski definition) is 0. The summed E-state index contributed by atoms with van der Waals surface area (Å²) in [5, 5.41) is 7.48. The molecule has 0 unspecified atom stereocenters. The molecule has 0 saturated heterocycles. The Morgan fingerprint density at radius 1 is 0.895 bits per heavy atom. The molecule has 0 bridgehead atoms. The summed E-state index contributed by atoms with van der Waals surface area (Å²) >= 11 is 0. The standard InChI is InChI=1S/C18H24N/c1-18(12-8-4-2-3-5-9-13-18)17-16-11-7-6-10-15(16)14-19-17/h6-7,10-11,14H,2-5,8-9,12-13H2,1H3. The highest BCUT2D eigenvalue weighted by Gasteiger charge is 2.31. The number of benzene rings is 1. The topological polar surface area (TPSA) is 14.1 Å². The van der Waals surface area contributed by atoms with Gasteiger partial charge in [-0.2, -0.15) is 0 Å². The molecule has 1 nitrogen and oxygen atoms in total. The monoisotopic (exact) mass is 254 g/mol. The van der Waals surface area contributed by atoms with Crippen LogP contribution in [-0.2, 0) is 0 Å². The molecule has 19 heavy (non-hydrogen) atoms. The van der Waals surface area contributed by atoms with Crippen LogP contribution in [0, 0.1) is 5.41 Å². The Kier molecular flexibility index (Phi) is 3.63. The third-order valence-corrected chi connectivity index (χ3v) is 4.83. The van der Waals surface area contributed by atoms with Crippen LogP contribution in [0.3, 0.4) is 0 Å². The van der Waals surface area contributed by atoms with Crippen molar-refractivity contribution in [3.8, 4) is 0 Å². The Morgan fingerprint density at radius 3 is 2.26 bits per heavy atom. The zero-order valence-corrected chi connectivity index (χ0v) is 12.0. The average Bonchev–Trinajstić information content (AvgIpc) is 2.88. The molecule has 1 fully saturated rings. The van der Waals surface area contributed by atoms with Crippen LogP contribution in [0.15, 0.2) is 24.3 Å². The summed E-state index contributed by atoms with van der Waals surface area (Å²) in [5.74, 6) is 0. The van der Waals surface area contributed by atoms with Crippen molar-refractivity contribution < 1.29 is 0 Å². The van der Waals surface area contributed by atoms with E-state index in [-0.39, 0.29) is 5.41 Å². The second-order valence-electron chi connectivity index (χ2n) is 6.38. The first kappa shape index (κ1) is 12.8. The van der Waals surface area contributed by atoms with Gasteiger partial charge in [0.2, 0.25) is 0 Å². The maximum absolute atomic E-state index is 4.79. The third kappa shape index (κ3) is 2.56. The lowest BCUT2D eigenvalue weighted by atomic mass is 9.77. The van der Waals surface area contributed by atoms with Gasteiger partial charge < -0.3 is 0 Å². The minimum Gasteiger partial charge on any atom is -0.259 e. The number of rotatable bonds is 1. The first-order valence-corrected chi connectivity index (χ1v) is 7.80. The minimum atomic E-state index is 0.285. The maximum Gasteiger partial charge on any atom is 0.0541 e. The Bertz CT molecular complexity index is 545. The number of hydrogen-bond acceptors (Lipinski definition) is 0. The molecular weight excluding hydrogens is 230 g/mol. The molecule has 3 rings (SSSR count). The molecule has 0 amide bonds. The number of fused-ring (bicyclic) bond motifs is 1. The van der Waals surface area contributed by atoms with Crippen LogP contribution in [0.5, 0.6) is 0 Å². The summed E-state index contributed by atoms with van der Waals surface area (Å²) in [6.07, 6.45) is 13.0. The fourth-order valence-electron chi connectivity index (χ4n) is 3.61. The van der Waals surface area contributed by atoms with E-state index in [9.17, 15) is 0 Å². The molecule has 1 heterocycles. The lowest BCUT2D eigenvalue weighted by molar-refractivity contribution is 0.347. The predicted octanol–water partition coefficient (Wildman–Crippen LogP) is 3.29. The molecule has 0 N–H and O–H groups in total. The third-order valence-electron chi connectivity index (χ3n) is 4.83. The van der Waals surface area contributed by atoms with Crippen LogP contribution in [0.25, 0.3) is 11.9 Å². The van der Waals surface area contributed by atoms with Gasteiger partial charge in [0.25, 0.3) is 0 Å². The Balaban J connectivity index is 1.98. The minimum absolute atomic E-state index is 0.285. The van der Waals surface area contributed by atoms with Gasteiger partial charge in [0, 0.05) is 22.1 Å². The van der Waals surface area contributed by atoms with Gasteiger partial charge in [-0.1, -0.05) is 69.7 Å². The molecule has 1 saturated carbocycles. The van der Waals surface area contributed by atoms with E-state index in [0.717, 1.165) is 0 Å². The van der Waals surface area contributed by atoms with Gasteiger partial charge in [0.15, 0.2) is 0 Å². The Morgan fingerprint density at radius 2 is 1.53 bits per heavy atom. The maximum atomic E-state index is 4.79. The number of nitrogens with zero attached hydrogens (tertiary/aromatic N) is 1. The van der Waals surface area contributed by atoms with Crippen LogP contribution in [0.1, 0.15) is 58.3 Å². The molecular formula is C18H24N. The van der Waals surface area contributed by atoms with Crippen LogP contribution in [-0.4, -0.2) is 0 Å². The van der Waals surface area contributed by atoms with E-state index in [0.29, 0.717) is 0 Å². The van der Waals surface area contributed by atoms with E-state index in [1.165, 1.54) is 67.5 Å². The molecule has 0 spiro atoms. The zero-order valence-electron chi connectivity index (χ0n) is 12.0. The average molecular weight is 254 g/mol. The highest BCUT2D eigenvalue weighted by molar-refractivity contribution is 5.59. The molecule has 1 aliphatic carbocycles. The van der Waals surface area contributed by atoms with Crippen molar-refractivity contribution in [2.24, 2.45) is 5.41 Å². The highest BCUT2D eigenvalue weighted by Crippen LogP contribution is 2.39. The smallest absolute Gasteiger partial charge is 0.0541 e. The molecule has 1 radical (unpaired) electrons. The molecule has 1 heteroatoms. The molecule has 0 aromatic heterocycles. The van der Waals surface area contributed by atoms with E-state index in [1.54, 1.807) is 0 Å². The van der Waals surface area contributed by atoms with Crippen molar-refractivity contribution in [1.82, 2.24) is 5.32 Å². The first-order chi connectivity index (χ1) is 9.30. The van der Waals surface area contributed by atoms with E-state index in [4.69, 9.17) is 5.32 Å². The van der Waals surface area contributed by atoms with E-state index < -0.39 is 0 Å². The highest BCUT2D eigenvalue weighted by atomic mass is 14.9. The summed E-state index contributed by atoms with van der Waals surface area (Å²) in [5.41, 5.74) is 1.64. The first-order valence-electron chi connectivity index (χ1n) is 7.80. The van der Waals surface area contributed by atoms with Gasteiger partial charge in [-0.25, -0.2) is 0 Å². The lowest BCUT2D eigenvalue weighted by Crippen LogP contribution is -2.30. The van der Waals surface area contributed by atoms with E-state index in [1.807, 2.05) is 0 Å². The summed E-state index contributed by atoms with van der Waals surface area (Å²) in [7, 11) is 0. The summed E-state index contributed by atoms with van der Waals surface area (Å²) in [4.78, 5) is 0. The summed E-state index contributed by atoms with van der Waals surface area (Å²) in [6.45, 7) is 2.44. The van der Waals surface area contributed by atoms with Gasteiger partial charge >= 0.3 is 0 Å². The van der Waals surface area contributed by atoms with Gasteiger partial charge in [-0.3, -0.25) is 5.32 Å². The van der Waals surface area contributed by atoms with Crippen molar-refractivity contribution >= 4 is 11.9 Å². The van der Waals surface area contributed by atoms with Crippen LogP contribution < -0.4 is 15.8 Å². The predicted molar refractivity (Wildman–Crippen MR) is 80.7 cm³/mol. The Labute approximate surface area is 116 Å². The second-order valence-corrected chi connectivity index (χ2v) is 6.38. The van der Waals surface area contributed by atoms with E-state index >= 15 is 0 Å². The van der Waals surface area contributed by atoms with Crippen molar-refractivity contribution in [2.75, 3.05) is 0 Å². The van der Waals surface area contributed by atoms with Gasteiger partial charge in [0.1, 0.15) is 0 Å². The van der Waals surface area contributed by atoms with Crippen molar-refractivity contribution in [3.63, 3.8) is 0 Å².